The van der Waals surface area contributed by atoms with Crippen LogP contribution in [0.1, 0.15) is 19.8 Å². The zero-order valence-electron chi connectivity index (χ0n) is 9.90. The van der Waals surface area contributed by atoms with Crippen LogP contribution in [0.2, 0.25) is 0 Å². The fourth-order valence-electron chi connectivity index (χ4n) is 1.78. The number of carbonyl (C=O) groups excluding carboxylic acids is 2. The molecule has 17 heavy (non-hydrogen) atoms. The number of urea groups is 1. The van der Waals surface area contributed by atoms with Crippen molar-refractivity contribution in [1.29, 1.82) is 0 Å². The van der Waals surface area contributed by atoms with Crippen LogP contribution in [0.4, 0.5) is 4.79 Å². The molecule has 0 saturated carbocycles. The molecule has 0 aromatic carbocycles. The van der Waals surface area contributed by atoms with Crippen LogP contribution in [-0.2, 0) is 9.59 Å². The molecular formula is C10H17N3O4. The summed E-state index contributed by atoms with van der Waals surface area (Å²) in [5, 5.41) is 13.5. The second-order valence-corrected chi connectivity index (χ2v) is 3.98. The van der Waals surface area contributed by atoms with E-state index < -0.39 is 24.1 Å². The van der Waals surface area contributed by atoms with Crippen molar-refractivity contribution in [3.63, 3.8) is 0 Å². The molecule has 1 fully saturated rings. The van der Waals surface area contributed by atoms with E-state index in [1.165, 1.54) is 18.9 Å². The number of carboxylic acid groups (broad SMARTS) is 1. The molecule has 7 heteroatoms. The molecule has 96 valence electrons. The standard InChI is InChI=1S/C10H17N3O4/c1-6(9(15)16)12-10(17)13-5-3-4-7(13)8(14)11-2/h6-7H,3-5H2,1-2H3,(H,11,14)(H,12,17)(H,15,16). The van der Waals surface area contributed by atoms with E-state index in [9.17, 15) is 14.4 Å². The Morgan fingerprint density at radius 2 is 2.06 bits per heavy atom. The molecule has 0 aromatic heterocycles. The minimum Gasteiger partial charge on any atom is -0.480 e. The first kappa shape index (κ1) is 13.3. The van der Waals surface area contributed by atoms with Crippen molar-refractivity contribution in [3.05, 3.63) is 0 Å². The Morgan fingerprint density at radius 1 is 1.41 bits per heavy atom. The fraction of sp³-hybridized carbons (Fsp3) is 0.700. The zero-order chi connectivity index (χ0) is 13.0. The number of likely N-dealkylation sites (tertiary alicyclic amines) is 1. The van der Waals surface area contributed by atoms with Gasteiger partial charge < -0.3 is 20.6 Å². The van der Waals surface area contributed by atoms with Crippen molar-refractivity contribution in [2.24, 2.45) is 0 Å². The lowest BCUT2D eigenvalue weighted by molar-refractivity contribution is -0.138. The average molecular weight is 243 g/mol. The van der Waals surface area contributed by atoms with Crippen molar-refractivity contribution in [2.45, 2.75) is 31.8 Å². The molecule has 0 aliphatic carbocycles. The Morgan fingerprint density at radius 3 is 2.59 bits per heavy atom. The Kier molecular flexibility index (Phi) is 4.30. The summed E-state index contributed by atoms with van der Waals surface area (Å²) in [6, 6.07) is -1.97. The predicted molar refractivity (Wildman–Crippen MR) is 59.4 cm³/mol. The van der Waals surface area contributed by atoms with Crippen LogP contribution in [0.3, 0.4) is 0 Å². The highest BCUT2D eigenvalue weighted by molar-refractivity contribution is 5.89. The molecule has 3 N–H and O–H groups in total. The summed E-state index contributed by atoms with van der Waals surface area (Å²) in [6.45, 7) is 1.85. The van der Waals surface area contributed by atoms with Crippen LogP contribution in [0, 0.1) is 0 Å². The van der Waals surface area contributed by atoms with Gasteiger partial charge in [-0.15, -0.1) is 0 Å². The molecule has 0 aromatic rings. The van der Waals surface area contributed by atoms with Gasteiger partial charge in [0.2, 0.25) is 5.91 Å². The summed E-state index contributed by atoms with van der Waals surface area (Å²) in [5.74, 6) is -1.32. The summed E-state index contributed by atoms with van der Waals surface area (Å²) < 4.78 is 0. The summed E-state index contributed by atoms with van der Waals surface area (Å²) in [6.07, 6.45) is 1.35. The fourth-order valence-corrected chi connectivity index (χ4v) is 1.78. The molecule has 1 aliphatic rings. The maximum atomic E-state index is 11.8. The van der Waals surface area contributed by atoms with Crippen molar-refractivity contribution in [3.8, 4) is 0 Å². The number of carbonyl (C=O) groups is 3. The van der Waals surface area contributed by atoms with Gasteiger partial charge in [-0.05, 0) is 19.8 Å². The number of nitrogens with zero attached hydrogens (tertiary/aromatic N) is 1. The number of amides is 3. The number of rotatable bonds is 3. The van der Waals surface area contributed by atoms with Gasteiger partial charge in [0.1, 0.15) is 12.1 Å². The van der Waals surface area contributed by atoms with E-state index in [2.05, 4.69) is 10.6 Å². The average Bonchev–Trinajstić information content (AvgIpc) is 2.76. The van der Waals surface area contributed by atoms with Crippen LogP contribution in [0.15, 0.2) is 0 Å². The third kappa shape index (κ3) is 3.08. The summed E-state index contributed by atoms with van der Waals surface area (Å²) in [7, 11) is 1.51. The second-order valence-electron chi connectivity index (χ2n) is 3.98. The smallest absolute Gasteiger partial charge is 0.325 e. The normalized spacial score (nSPS) is 20.8. The van der Waals surface area contributed by atoms with Gasteiger partial charge in [0.25, 0.3) is 0 Å². The van der Waals surface area contributed by atoms with Crippen molar-refractivity contribution in [2.75, 3.05) is 13.6 Å². The Hall–Kier alpha value is -1.79. The molecule has 7 nitrogen and oxygen atoms in total. The number of carboxylic acids is 1. The lowest BCUT2D eigenvalue weighted by atomic mass is 10.2. The predicted octanol–water partition coefficient (Wildman–Crippen LogP) is -0.620. The first-order valence-corrected chi connectivity index (χ1v) is 5.49. The molecule has 0 spiro atoms. The maximum Gasteiger partial charge on any atom is 0.325 e. The van der Waals surface area contributed by atoms with Crippen LogP contribution in [0.5, 0.6) is 0 Å². The molecule has 1 rings (SSSR count). The molecule has 3 amide bonds. The highest BCUT2D eigenvalue weighted by Gasteiger charge is 2.34. The molecule has 2 atom stereocenters. The topological polar surface area (TPSA) is 98.7 Å². The van der Waals surface area contributed by atoms with Gasteiger partial charge in [0, 0.05) is 13.6 Å². The Balaban J connectivity index is 2.62. The van der Waals surface area contributed by atoms with Crippen molar-refractivity contribution < 1.29 is 19.5 Å². The summed E-state index contributed by atoms with van der Waals surface area (Å²) in [5.41, 5.74) is 0. The van der Waals surface area contributed by atoms with Gasteiger partial charge >= 0.3 is 12.0 Å². The number of hydrogen-bond donors (Lipinski definition) is 3. The van der Waals surface area contributed by atoms with Crippen LogP contribution >= 0.6 is 0 Å². The van der Waals surface area contributed by atoms with E-state index in [0.717, 1.165) is 6.42 Å². The number of nitrogens with one attached hydrogen (secondary N) is 2. The monoisotopic (exact) mass is 243 g/mol. The minimum atomic E-state index is -1.10. The first-order valence-electron chi connectivity index (χ1n) is 5.49. The molecule has 2 unspecified atom stereocenters. The van der Waals surface area contributed by atoms with Gasteiger partial charge in [0.05, 0.1) is 0 Å². The molecule has 1 heterocycles. The quantitative estimate of drug-likeness (QED) is 0.615. The van der Waals surface area contributed by atoms with Crippen LogP contribution < -0.4 is 10.6 Å². The molecular weight excluding hydrogens is 226 g/mol. The molecule has 0 radical (unpaired) electrons. The van der Waals surface area contributed by atoms with E-state index >= 15 is 0 Å². The molecule has 1 aliphatic heterocycles. The summed E-state index contributed by atoms with van der Waals surface area (Å²) >= 11 is 0. The highest BCUT2D eigenvalue weighted by Crippen LogP contribution is 2.17. The minimum absolute atomic E-state index is 0.222. The third-order valence-electron chi connectivity index (χ3n) is 2.77. The Labute approximate surface area is 99.2 Å². The lowest BCUT2D eigenvalue weighted by Gasteiger charge is -2.24. The van der Waals surface area contributed by atoms with E-state index in [4.69, 9.17) is 5.11 Å². The number of likely N-dealkylation sites (N-methyl/N-ethyl adjacent to an activating group) is 1. The highest BCUT2D eigenvalue weighted by atomic mass is 16.4. The maximum absolute atomic E-state index is 11.8. The van der Waals surface area contributed by atoms with Crippen LogP contribution in [-0.4, -0.2) is 53.6 Å². The Bertz CT molecular complexity index is 332. The van der Waals surface area contributed by atoms with E-state index in [1.807, 2.05) is 0 Å². The van der Waals surface area contributed by atoms with Gasteiger partial charge in [-0.25, -0.2) is 4.79 Å². The van der Waals surface area contributed by atoms with E-state index in [1.54, 1.807) is 0 Å². The van der Waals surface area contributed by atoms with Crippen molar-refractivity contribution >= 4 is 17.9 Å². The van der Waals surface area contributed by atoms with Gasteiger partial charge in [-0.1, -0.05) is 0 Å². The van der Waals surface area contributed by atoms with Gasteiger partial charge in [-0.2, -0.15) is 0 Å². The van der Waals surface area contributed by atoms with Gasteiger partial charge in [0.15, 0.2) is 0 Å². The lowest BCUT2D eigenvalue weighted by Crippen LogP contribution is -2.52. The van der Waals surface area contributed by atoms with E-state index in [-0.39, 0.29) is 5.91 Å². The SMILES string of the molecule is CNC(=O)C1CCCN1C(=O)NC(C)C(=O)O. The van der Waals surface area contributed by atoms with Crippen LogP contribution in [0.25, 0.3) is 0 Å². The number of aliphatic carboxylic acids is 1. The van der Waals surface area contributed by atoms with E-state index in [0.29, 0.717) is 13.0 Å². The largest absolute Gasteiger partial charge is 0.480 e. The first-order chi connectivity index (χ1) is 7.97. The summed E-state index contributed by atoms with van der Waals surface area (Å²) in [4.78, 5) is 35.2. The number of hydrogen-bond acceptors (Lipinski definition) is 3. The molecule has 1 saturated heterocycles. The van der Waals surface area contributed by atoms with Gasteiger partial charge in [-0.3, -0.25) is 9.59 Å². The van der Waals surface area contributed by atoms with Crippen molar-refractivity contribution in [1.82, 2.24) is 15.5 Å². The molecule has 0 bridgehead atoms. The third-order valence-corrected chi connectivity index (χ3v) is 2.77. The second kappa shape index (κ2) is 5.51. The zero-order valence-corrected chi connectivity index (χ0v) is 9.90.